The van der Waals surface area contributed by atoms with Crippen LogP contribution in [0, 0.1) is 10.1 Å². The van der Waals surface area contributed by atoms with Crippen LogP contribution in [0.3, 0.4) is 0 Å². The summed E-state index contributed by atoms with van der Waals surface area (Å²) in [7, 11) is -2.46. The summed E-state index contributed by atoms with van der Waals surface area (Å²) >= 11 is 0. The Bertz CT molecular complexity index is 1360. The van der Waals surface area contributed by atoms with Crippen LogP contribution in [0.5, 0.6) is 5.75 Å². The average Bonchev–Trinajstić information content (AvgIpc) is 3.31. The van der Waals surface area contributed by atoms with Crippen molar-refractivity contribution in [3.63, 3.8) is 0 Å². The number of nitrogens with one attached hydrogen (secondary N) is 2. The minimum absolute atomic E-state index is 0.00385. The van der Waals surface area contributed by atoms with Crippen LogP contribution < -0.4 is 19.7 Å². The Hall–Kier alpha value is -4.12. The number of carbonyl (C=O) groups is 1. The maximum atomic E-state index is 13.4. The number of amides is 1. The third kappa shape index (κ3) is 5.04. The molecule has 2 N–H and O–H groups in total. The molecule has 0 unspecified atom stereocenters. The smallest absolute Gasteiger partial charge is 0.269 e. The molecule has 0 saturated carbocycles. The number of anilines is 2. The second kappa shape index (κ2) is 10.0. The van der Waals surface area contributed by atoms with E-state index >= 15 is 0 Å². The zero-order chi connectivity index (χ0) is 25.0. The first kappa shape index (κ1) is 24.0. The molecule has 0 aliphatic carbocycles. The molecule has 0 fully saturated rings. The quantitative estimate of drug-likeness (QED) is 0.264. The first-order valence-corrected chi connectivity index (χ1v) is 12.3. The molecule has 0 spiro atoms. The van der Waals surface area contributed by atoms with Crippen molar-refractivity contribution in [1.29, 1.82) is 0 Å². The lowest BCUT2D eigenvalue weighted by Gasteiger charge is -2.20. The van der Waals surface area contributed by atoms with Gasteiger partial charge in [-0.2, -0.15) is 0 Å². The zero-order valence-electron chi connectivity index (χ0n) is 18.9. The third-order valence-corrected chi connectivity index (χ3v) is 7.48. The van der Waals surface area contributed by atoms with Crippen LogP contribution in [-0.2, 0) is 16.4 Å². The van der Waals surface area contributed by atoms with E-state index in [1.54, 1.807) is 24.3 Å². The van der Waals surface area contributed by atoms with Crippen molar-refractivity contribution in [2.24, 2.45) is 0 Å². The molecule has 0 bridgehead atoms. The van der Waals surface area contributed by atoms with Gasteiger partial charge in [-0.15, -0.1) is 0 Å². The standard InChI is InChI=1S/C24H24N4O6S/c1-34-23-11-10-20(35(32,33)27-15-12-17-4-2-3-5-22(17)27)16-21(23)24(29)26-14-13-25-18-6-8-19(9-7-18)28(30)31/h2-11,16,25H,12-15H2,1H3,(H,26,29). The highest BCUT2D eigenvalue weighted by Gasteiger charge is 2.31. The van der Waals surface area contributed by atoms with Gasteiger partial charge in [-0.25, -0.2) is 8.42 Å². The van der Waals surface area contributed by atoms with Crippen LogP contribution in [0.4, 0.5) is 17.1 Å². The number of sulfonamides is 1. The molecule has 1 aliphatic heterocycles. The van der Waals surface area contributed by atoms with Crippen LogP contribution in [-0.4, -0.2) is 46.0 Å². The number of hydrogen-bond donors (Lipinski definition) is 2. The van der Waals surface area contributed by atoms with Crippen molar-refractivity contribution in [3.8, 4) is 5.75 Å². The Morgan fingerprint density at radius 1 is 1.09 bits per heavy atom. The number of non-ortho nitro benzene ring substituents is 1. The number of nitro benzene ring substituents is 1. The lowest BCUT2D eigenvalue weighted by molar-refractivity contribution is -0.384. The highest BCUT2D eigenvalue weighted by Crippen LogP contribution is 2.33. The summed E-state index contributed by atoms with van der Waals surface area (Å²) in [4.78, 5) is 23.1. The normalized spacial score (nSPS) is 12.7. The first-order chi connectivity index (χ1) is 16.8. The monoisotopic (exact) mass is 496 g/mol. The van der Waals surface area contributed by atoms with E-state index in [2.05, 4.69) is 10.6 Å². The van der Waals surface area contributed by atoms with Crippen molar-refractivity contribution in [2.75, 3.05) is 36.4 Å². The Kier molecular flexibility index (Phi) is 6.87. The SMILES string of the molecule is COc1ccc(S(=O)(=O)N2CCc3ccccc32)cc1C(=O)NCCNc1ccc([N+](=O)[O-])cc1. The predicted octanol–water partition coefficient (Wildman–Crippen LogP) is 3.20. The highest BCUT2D eigenvalue weighted by atomic mass is 32.2. The van der Waals surface area contributed by atoms with Crippen molar-refractivity contribution >= 4 is 33.0 Å². The summed E-state index contributed by atoms with van der Waals surface area (Å²) in [6, 6.07) is 17.5. The topological polar surface area (TPSA) is 131 Å². The molecule has 35 heavy (non-hydrogen) atoms. The fourth-order valence-electron chi connectivity index (χ4n) is 3.89. The molecule has 0 radical (unpaired) electrons. The number of para-hydroxylation sites is 1. The van der Waals surface area contributed by atoms with Crippen molar-refractivity contribution in [2.45, 2.75) is 11.3 Å². The van der Waals surface area contributed by atoms with Crippen molar-refractivity contribution in [3.05, 3.63) is 88.0 Å². The molecule has 0 atom stereocenters. The van der Waals surface area contributed by atoms with Gasteiger partial charge in [-0.05, 0) is 48.4 Å². The van der Waals surface area contributed by atoms with Crippen LogP contribution in [0.1, 0.15) is 15.9 Å². The Balaban J connectivity index is 1.44. The molecule has 1 amide bonds. The maximum absolute atomic E-state index is 13.4. The minimum atomic E-state index is -3.87. The predicted molar refractivity (Wildman–Crippen MR) is 132 cm³/mol. The minimum Gasteiger partial charge on any atom is -0.496 e. The number of nitrogens with zero attached hydrogens (tertiary/aromatic N) is 2. The Morgan fingerprint density at radius 2 is 1.83 bits per heavy atom. The number of rotatable bonds is 9. The molecule has 11 heteroatoms. The Labute approximate surface area is 202 Å². The van der Waals surface area contributed by atoms with Gasteiger partial charge in [0.1, 0.15) is 5.75 Å². The fourth-order valence-corrected chi connectivity index (χ4v) is 5.42. The van der Waals surface area contributed by atoms with Crippen molar-refractivity contribution in [1.82, 2.24) is 5.32 Å². The molecular formula is C24H24N4O6S. The summed E-state index contributed by atoms with van der Waals surface area (Å²) in [5, 5.41) is 16.5. The van der Waals surface area contributed by atoms with Gasteiger partial charge in [0.25, 0.3) is 21.6 Å². The molecule has 1 aliphatic rings. The number of hydrogen-bond acceptors (Lipinski definition) is 7. The van der Waals surface area contributed by atoms with E-state index in [9.17, 15) is 23.3 Å². The van der Waals surface area contributed by atoms with E-state index in [0.717, 1.165) is 5.56 Å². The molecule has 3 aromatic rings. The van der Waals surface area contributed by atoms with E-state index in [4.69, 9.17) is 4.74 Å². The van der Waals surface area contributed by atoms with Crippen LogP contribution in [0.25, 0.3) is 0 Å². The lowest BCUT2D eigenvalue weighted by Crippen LogP contribution is -2.31. The van der Waals surface area contributed by atoms with E-state index in [1.807, 2.05) is 12.1 Å². The van der Waals surface area contributed by atoms with E-state index < -0.39 is 20.9 Å². The van der Waals surface area contributed by atoms with Crippen LogP contribution >= 0.6 is 0 Å². The molecule has 1 heterocycles. The largest absolute Gasteiger partial charge is 0.496 e. The van der Waals surface area contributed by atoms with Gasteiger partial charge in [0.05, 0.1) is 28.2 Å². The summed E-state index contributed by atoms with van der Waals surface area (Å²) < 4.78 is 33.4. The first-order valence-electron chi connectivity index (χ1n) is 10.9. The van der Waals surface area contributed by atoms with E-state index in [1.165, 1.54) is 41.7 Å². The molecule has 0 aromatic heterocycles. The second-order valence-corrected chi connectivity index (χ2v) is 9.67. The average molecular weight is 497 g/mol. The summed E-state index contributed by atoms with van der Waals surface area (Å²) in [6.45, 7) is 0.924. The third-order valence-electron chi connectivity index (χ3n) is 5.67. The fraction of sp³-hybridized carbons (Fsp3) is 0.208. The van der Waals surface area contributed by atoms with E-state index in [-0.39, 0.29) is 28.4 Å². The number of carbonyl (C=O) groups excluding carboxylic acids is 1. The zero-order valence-corrected chi connectivity index (χ0v) is 19.7. The number of methoxy groups -OCH3 is 1. The maximum Gasteiger partial charge on any atom is 0.269 e. The molecule has 4 rings (SSSR count). The van der Waals surface area contributed by atoms with Crippen LogP contribution in [0.2, 0.25) is 0 Å². The van der Waals surface area contributed by atoms with Gasteiger partial charge < -0.3 is 15.4 Å². The van der Waals surface area contributed by atoms with Gasteiger partial charge in [-0.3, -0.25) is 19.2 Å². The van der Waals surface area contributed by atoms with Gasteiger partial charge in [0.2, 0.25) is 0 Å². The van der Waals surface area contributed by atoms with E-state index in [0.29, 0.717) is 30.9 Å². The molecular weight excluding hydrogens is 472 g/mol. The van der Waals surface area contributed by atoms with Crippen molar-refractivity contribution < 1.29 is 22.9 Å². The highest BCUT2D eigenvalue weighted by molar-refractivity contribution is 7.92. The molecule has 182 valence electrons. The summed E-state index contributed by atoms with van der Waals surface area (Å²) in [6.07, 6.45) is 0.626. The van der Waals surface area contributed by atoms with Crippen LogP contribution in [0.15, 0.2) is 71.6 Å². The van der Waals surface area contributed by atoms with Gasteiger partial charge in [0.15, 0.2) is 0 Å². The number of ether oxygens (including phenoxy) is 1. The number of benzene rings is 3. The van der Waals surface area contributed by atoms with Gasteiger partial charge in [0, 0.05) is 37.5 Å². The second-order valence-electron chi connectivity index (χ2n) is 7.80. The molecule has 3 aromatic carbocycles. The Morgan fingerprint density at radius 3 is 2.54 bits per heavy atom. The summed E-state index contributed by atoms with van der Waals surface area (Å²) in [5.74, 6) is -0.224. The molecule has 0 saturated heterocycles. The van der Waals surface area contributed by atoms with Gasteiger partial charge in [-0.1, -0.05) is 18.2 Å². The van der Waals surface area contributed by atoms with Gasteiger partial charge >= 0.3 is 0 Å². The molecule has 10 nitrogen and oxygen atoms in total. The number of fused-ring (bicyclic) bond motifs is 1. The summed E-state index contributed by atoms with van der Waals surface area (Å²) in [5.41, 5.74) is 2.37. The number of nitro groups is 1. The lowest BCUT2D eigenvalue weighted by atomic mass is 10.2.